The number of likely N-dealkylation sites (N-methyl/N-ethyl adjacent to an activating group) is 1. The van der Waals surface area contributed by atoms with E-state index in [-0.39, 0.29) is 0 Å². The first-order valence-corrected chi connectivity index (χ1v) is 4.78. The molecule has 1 atom stereocenters. The van der Waals surface area contributed by atoms with Crippen LogP contribution in [0.3, 0.4) is 0 Å². The van der Waals surface area contributed by atoms with Gasteiger partial charge in [0.15, 0.2) is 0 Å². The predicted molar refractivity (Wildman–Crippen MR) is 53.1 cm³/mol. The van der Waals surface area contributed by atoms with Crippen LogP contribution in [-0.2, 0) is 6.42 Å². The Hall–Kier alpha value is -1.02. The SMILES string of the molecule is CCc1ccc2c(c1)C(NC)CO2. The van der Waals surface area contributed by atoms with Gasteiger partial charge in [0.2, 0.25) is 0 Å². The molecule has 1 aromatic rings. The predicted octanol–water partition coefficient (Wildman–Crippen LogP) is 1.90. The van der Waals surface area contributed by atoms with Gasteiger partial charge in [-0.15, -0.1) is 0 Å². The van der Waals surface area contributed by atoms with Crippen molar-refractivity contribution >= 4 is 0 Å². The normalized spacial score (nSPS) is 19.7. The van der Waals surface area contributed by atoms with E-state index in [0.29, 0.717) is 6.04 Å². The summed E-state index contributed by atoms with van der Waals surface area (Å²) >= 11 is 0. The van der Waals surface area contributed by atoms with E-state index in [9.17, 15) is 0 Å². The average Bonchev–Trinajstić information content (AvgIpc) is 2.59. The molecule has 1 unspecified atom stereocenters. The van der Waals surface area contributed by atoms with Gasteiger partial charge in [0.25, 0.3) is 0 Å². The largest absolute Gasteiger partial charge is 0.491 e. The molecule has 0 radical (unpaired) electrons. The van der Waals surface area contributed by atoms with E-state index in [1.807, 2.05) is 7.05 Å². The molecule has 1 aromatic carbocycles. The van der Waals surface area contributed by atoms with E-state index in [1.54, 1.807) is 0 Å². The third-order valence-electron chi connectivity index (χ3n) is 2.61. The maximum absolute atomic E-state index is 5.54. The van der Waals surface area contributed by atoms with E-state index < -0.39 is 0 Å². The second-order valence-electron chi connectivity index (χ2n) is 3.38. The monoisotopic (exact) mass is 177 g/mol. The molecule has 0 saturated heterocycles. The van der Waals surface area contributed by atoms with E-state index >= 15 is 0 Å². The third-order valence-corrected chi connectivity index (χ3v) is 2.61. The molecule has 0 fully saturated rings. The molecule has 1 aliphatic rings. The molecule has 0 amide bonds. The van der Waals surface area contributed by atoms with Crippen LogP contribution in [0.1, 0.15) is 24.1 Å². The summed E-state index contributed by atoms with van der Waals surface area (Å²) in [6.45, 7) is 2.94. The summed E-state index contributed by atoms with van der Waals surface area (Å²) in [7, 11) is 1.97. The van der Waals surface area contributed by atoms with Gasteiger partial charge in [0.1, 0.15) is 12.4 Å². The van der Waals surface area contributed by atoms with Gasteiger partial charge < -0.3 is 10.1 Å². The number of hydrogen-bond acceptors (Lipinski definition) is 2. The highest BCUT2D eigenvalue weighted by Crippen LogP contribution is 2.32. The van der Waals surface area contributed by atoms with Crippen LogP contribution < -0.4 is 10.1 Å². The van der Waals surface area contributed by atoms with Crippen molar-refractivity contribution in [3.05, 3.63) is 29.3 Å². The topological polar surface area (TPSA) is 21.3 Å². The fourth-order valence-corrected chi connectivity index (χ4v) is 1.72. The standard InChI is InChI=1S/C11H15NO/c1-3-8-4-5-11-9(6-8)10(12-2)7-13-11/h4-6,10,12H,3,7H2,1-2H3. The van der Waals surface area contributed by atoms with Crippen LogP contribution in [-0.4, -0.2) is 13.7 Å². The highest BCUT2D eigenvalue weighted by atomic mass is 16.5. The van der Waals surface area contributed by atoms with Crippen molar-refractivity contribution in [3.8, 4) is 5.75 Å². The molecule has 0 spiro atoms. The van der Waals surface area contributed by atoms with Gasteiger partial charge in [0, 0.05) is 5.56 Å². The Morgan fingerprint density at radius 3 is 3.08 bits per heavy atom. The Balaban J connectivity index is 2.37. The second kappa shape index (κ2) is 3.38. The zero-order valence-electron chi connectivity index (χ0n) is 8.13. The average molecular weight is 177 g/mol. The molecule has 0 aromatic heterocycles. The first-order valence-electron chi connectivity index (χ1n) is 4.78. The lowest BCUT2D eigenvalue weighted by atomic mass is 10.0. The second-order valence-corrected chi connectivity index (χ2v) is 3.38. The molecule has 70 valence electrons. The third kappa shape index (κ3) is 1.42. The maximum Gasteiger partial charge on any atom is 0.124 e. The lowest BCUT2D eigenvalue weighted by Crippen LogP contribution is -2.17. The van der Waals surface area contributed by atoms with E-state index in [2.05, 4.69) is 30.4 Å². The van der Waals surface area contributed by atoms with Gasteiger partial charge in [-0.05, 0) is 25.1 Å². The minimum absolute atomic E-state index is 0.376. The number of benzene rings is 1. The molecular formula is C11H15NO. The molecule has 1 aliphatic heterocycles. The molecular weight excluding hydrogens is 162 g/mol. The van der Waals surface area contributed by atoms with Crippen LogP contribution >= 0.6 is 0 Å². The summed E-state index contributed by atoms with van der Waals surface area (Å²) < 4.78 is 5.54. The van der Waals surface area contributed by atoms with Crippen LogP contribution in [0, 0.1) is 0 Å². The van der Waals surface area contributed by atoms with Crippen molar-refractivity contribution in [3.63, 3.8) is 0 Å². The summed E-state index contributed by atoms with van der Waals surface area (Å²) in [5.41, 5.74) is 2.69. The Morgan fingerprint density at radius 2 is 2.38 bits per heavy atom. The highest BCUT2D eigenvalue weighted by Gasteiger charge is 2.22. The summed E-state index contributed by atoms with van der Waals surface area (Å²) in [6, 6.07) is 6.83. The minimum Gasteiger partial charge on any atom is -0.491 e. The number of hydrogen-bond donors (Lipinski definition) is 1. The quantitative estimate of drug-likeness (QED) is 0.745. The van der Waals surface area contributed by atoms with Gasteiger partial charge in [-0.25, -0.2) is 0 Å². The van der Waals surface area contributed by atoms with Gasteiger partial charge in [-0.3, -0.25) is 0 Å². The summed E-state index contributed by atoms with van der Waals surface area (Å²) in [5.74, 6) is 1.04. The number of aryl methyl sites for hydroxylation is 1. The van der Waals surface area contributed by atoms with Crippen molar-refractivity contribution in [2.24, 2.45) is 0 Å². The Labute approximate surface area is 78.9 Å². The summed E-state index contributed by atoms with van der Waals surface area (Å²) in [4.78, 5) is 0. The van der Waals surface area contributed by atoms with Crippen molar-refractivity contribution < 1.29 is 4.74 Å². The number of ether oxygens (including phenoxy) is 1. The molecule has 13 heavy (non-hydrogen) atoms. The Morgan fingerprint density at radius 1 is 1.54 bits per heavy atom. The van der Waals surface area contributed by atoms with Crippen molar-refractivity contribution in [2.45, 2.75) is 19.4 Å². The van der Waals surface area contributed by atoms with E-state index in [0.717, 1.165) is 18.8 Å². The molecule has 1 N–H and O–H groups in total. The van der Waals surface area contributed by atoms with Crippen LogP contribution in [0.4, 0.5) is 0 Å². The summed E-state index contributed by atoms with van der Waals surface area (Å²) in [5, 5.41) is 3.25. The number of nitrogens with one attached hydrogen (secondary N) is 1. The molecule has 0 saturated carbocycles. The minimum atomic E-state index is 0.376. The zero-order valence-corrected chi connectivity index (χ0v) is 8.13. The lowest BCUT2D eigenvalue weighted by molar-refractivity contribution is 0.318. The van der Waals surface area contributed by atoms with Crippen LogP contribution in [0.2, 0.25) is 0 Å². The first-order chi connectivity index (χ1) is 6.35. The van der Waals surface area contributed by atoms with Gasteiger partial charge >= 0.3 is 0 Å². The number of rotatable bonds is 2. The van der Waals surface area contributed by atoms with Gasteiger partial charge in [0.05, 0.1) is 6.04 Å². The molecule has 2 nitrogen and oxygen atoms in total. The molecule has 0 bridgehead atoms. The Bertz CT molecular complexity index is 309. The smallest absolute Gasteiger partial charge is 0.124 e. The van der Waals surface area contributed by atoms with Gasteiger partial charge in [-0.1, -0.05) is 19.1 Å². The van der Waals surface area contributed by atoms with E-state index in [1.165, 1.54) is 11.1 Å². The fraction of sp³-hybridized carbons (Fsp3) is 0.455. The van der Waals surface area contributed by atoms with Crippen molar-refractivity contribution in [2.75, 3.05) is 13.7 Å². The first kappa shape index (κ1) is 8.57. The van der Waals surface area contributed by atoms with Crippen molar-refractivity contribution in [1.82, 2.24) is 5.32 Å². The van der Waals surface area contributed by atoms with E-state index in [4.69, 9.17) is 4.74 Å². The number of fused-ring (bicyclic) bond motifs is 1. The van der Waals surface area contributed by atoms with Gasteiger partial charge in [-0.2, -0.15) is 0 Å². The zero-order chi connectivity index (χ0) is 9.26. The molecule has 2 rings (SSSR count). The van der Waals surface area contributed by atoms with Crippen molar-refractivity contribution in [1.29, 1.82) is 0 Å². The Kier molecular flexibility index (Phi) is 2.23. The molecule has 0 aliphatic carbocycles. The van der Waals surface area contributed by atoms with Crippen LogP contribution in [0.25, 0.3) is 0 Å². The molecule has 2 heteroatoms. The maximum atomic E-state index is 5.54. The highest BCUT2D eigenvalue weighted by molar-refractivity contribution is 5.42. The fourth-order valence-electron chi connectivity index (χ4n) is 1.72. The lowest BCUT2D eigenvalue weighted by Gasteiger charge is -2.07. The van der Waals surface area contributed by atoms with Crippen LogP contribution in [0.5, 0.6) is 5.75 Å². The summed E-state index contributed by atoms with van der Waals surface area (Å²) in [6.07, 6.45) is 1.09. The molecule has 1 heterocycles. The van der Waals surface area contributed by atoms with Crippen LogP contribution in [0.15, 0.2) is 18.2 Å².